The number of halogens is 3. The van der Waals surface area contributed by atoms with E-state index in [1.807, 2.05) is 12.3 Å². The van der Waals surface area contributed by atoms with Crippen molar-refractivity contribution in [2.75, 3.05) is 0 Å². The molecule has 0 radical (unpaired) electrons. The zero-order valence-electron chi connectivity index (χ0n) is 22.8. The van der Waals surface area contributed by atoms with Gasteiger partial charge in [-0.1, -0.05) is 23.8 Å². The molecule has 2 N–H and O–H groups in total. The molecular formula is C32H27F2IN6O. The van der Waals surface area contributed by atoms with Gasteiger partial charge in [-0.3, -0.25) is 0 Å². The highest BCUT2D eigenvalue weighted by atomic mass is 127. The topological polar surface area (TPSA) is 84.4 Å². The highest BCUT2D eigenvalue weighted by molar-refractivity contribution is 14.1. The predicted octanol–water partition coefficient (Wildman–Crippen LogP) is 7.91. The molecule has 7 rings (SSSR count). The summed E-state index contributed by atoms with van der Waals surface area (Å²) in [5.74, 6) is -0.247. The van der Waals surface area contributed by atoms with Crippen molar-refractivity contribution in [2.45, 2.75) is 44.6 Å². The minimum atomic E-state index is -0.533. The van der Waals surface area contributed by atoms with Crippen LogP contribution in [0.25, 0.3) is 22.3 Å². The SMILES string of the molecule is CC1(c2cccc(I)c2)CCCCc2cn(nn2)Cc2c(c(F)cc3[nH]ccc23)Oc2ccc(F)c(c2)-c2ncc1[nH]2. The number of H-pyrrole nitrogens is 2. The number of hydrogen-bond donors (Lipinski definition) is 2. The molecule has 0 amide bonds. The summed E-state index contributed by atoms with van der Waals surface area (Å²) in [7, 11) is 0. The van der Waals surface area contributed by atoms with Crippen LogP contribution in [-0.4, -0.2) is 29.9 Å². The van der Waals surface area contributed by atoms with Gasteiger partial charge in [0.15, 0.2) is 11.6 Å². The molecule has 1 aliphatic heterocycles. The van der Waals surface area contributed by atoms with Crippen molar-refractivity contribution in [2.24, 2.45) is 0 Å². The molecule has 1 unspecified atom stereocenters. The molecule has 0 spiro atoms. The van der Waals surface area contributed by atoms with E-state index in [1.165, 1.54) is 18.2 Å². The summed E-state index contributed by atoms with van der Waals surface area (Å²) >= 11 is 2.33. The van der Waals surface area contributed by atoms with Crippen LogP contribution >= 0.6 is 22.6 Å². The van der Waals surface area contributed by atoms with Crippen molar-refractivity contribution in [1.82, 2.24) is 29.9 Å². The van der Waals surface area contributed by atoms with Gasteiger partial charge in [0.1, 0.15) is 17.4 Å². The standard InChI is InChI=1S/C32H27F2IN6O/c1-32(19-5-4-6-20(35)13-19)11-3-2-7-21-17-41(40-39-21)18-25-23-10-12-36-28(23)15-27(34)30(25)42-22-8-9-26(33)24(14-22)31-37-16-29(32)38-31/h4-6,8-10,12-17,36H,2-3,7,11,18H2,1H3,(H,37,38). The molecule has 0 fully saturated rings. The van der Waals surface area contributed by atoms with Gasteiger partial charge in [0.25, 0.3) is 0 Å². The number of aromatic amines is 2. The second-order valence-corrected chi connectivity index (χ2v) is 12.2. The third kappa shape index (κ3) is 4.87. The van der Waals surface area contributed by atoms with Gasteiger partial charge in [-0.2, -0.15) is 0 Å². The van der Waals surface area contributed by atoms with Crippen LogP contribution in [-0.2, 0) is 18.4 Å². The predicted molar refractivity (Wildman–Crippen MR) is 165 cm³/mol. The van der Waals surface area contributed by atoms with Gasteiger partial charge in [-0.25, -0.2) is 18.4 Å². The van der Waals surface area contributed by atoms with E-state index in [0.29, 0.717) is 22.7 Å². The maximum Gasteiger partial charge on any atom is 0.168 e. The zero-order chi connectivity index (χ0) is 28.8. The number of aryl methyl sites for hydroxylation is 1. The van der Waals surface area contributed by atoms with Crippen molar-refractivity contribution in [3.63, 3.8) is 0 Å². The second kappa shape index (κ2) is 10.6. The fraction of sp³-hybridized carbons (Fsp3) is 0.219. The van der Waals surface area contributed by atoms with Crippen molar-refractivity contribution >= 4 is 33.5 Å². The maximum absolute atomic E-state index is 15.5. The van der Waals surface area contributed by atoms with E-state index in [9.17, 15) is 0 Å². The third-order valence-corrected chi connectivity index (χ3v) is 8.85. The summed E-state index contributed by atoms with van der Waals surface area (Å²) in [4.78, 5) is 11.1. The normalized spacial score (nSPS) is 17.3. The fourth-order valence-corrected chi connectivity index (χ4v) is 6.38. The lowest BCUT2D eigenvalue weighted by Crippen LogP contribution is -2.24. The van der Waals surface area contributed by atoms with Crippen LogP contribution in [0.1, 0.15) is 48.7 Å². The number of benzene rings is 3. The Morgan fingerprint density at radius 3 is 2.83 bits per heavy atom. The fourth-order valence-electron chi connectivity index (χ4n) is 5.84. The first kappa shape index (κ1) is 26.8. The Kier molecular flexibility index (Phi) is 6.80. The molecule has 1 atom stereocenters. The molecule has 0 aliphatic carbocycles. The van der Waals surface area contributed by atoms with Gasteiger partial charge < -0.3 is 14.7 Å². The Morgan fingerprint density at radius 2 is 1.95 bits per heavy atom. The number of fused-ring (bicyclic) bond motifs is 10. The molecule has 4 heterocycles. The molecule has 1 aliphatic rings. The Hall–Kier alpha value is -4.06. The third-order valence-electron chi connectivity index (χ3n) is 8.18. The molecule has 6 aromatic rings. The van der Waals surface area contributed by atoms with E-state index in [1.54, 1.807) is 23.1 Å². The first-order chi connectivity index (χ1) is 20.4. The molecule has 0 saturated carbocycles. The van der Waals surface area contributed by atoms with Gasteiger partial charge in [-0.15, -0.1) is 5.10 Å². The largest absolute Gasteiger partial charge is 0.454 e. The molecule has 10 heteroatoms. The Labute approximate surface area is 254 Å². The van der Waals surface area contributed by atoms with Crippen LogP contribution in [0.4, 0.5) is 8.78 Å². The van der Waals surface area contributed by atoms with Crippen LogP contribution in [0, 0.1) is 15.2 Å². The highest BCUT2D eigenvalue weighted by Gasteiger charge is 2.31. The summed E-state index contributed by atoms with van der Waals surface area (Å²) in [6.45, 7) is 2.45. The summed E-state index contributed by atoms with van der Waals surface area (Å²) in [6.07, 6.45) is 8.92. The van der Waals surface area contributed by atoms with Gasteiger partial charge in [-0.05, 0) is 90.7 Å². The number of ether oxygens (including phenoxy) is 1. The molecule has 6 bridgehead atoms. The first-order valence-corrected chi connectivity index (χ1v) is 14.9. The smallest absolute Gasteiger partial charge is 0.168 e. The molecule has 42 heavy (non-hydrogen) atoms. The molecule has 0 saturated heterocycles. The molecule has 212 valence electrons. The number of nitrogens with one attached hydrogen (secondary N) is 2. The van der Waals surface area contributed by atoms with Crippen LogP contribution in [0.5, 0.6) is 11.5 Å². The van der Waals surface area contributed by atoms with Gasteiger partial charge in [0.2, 0.25) is 0 Å². The first-order valence-electron chi connectivity index (χ1n) is 13.8. The average molecular weight is 677 g/mol. The van der Waals surface area contributed by atoms with E-state index in [0.717, 1.165) is 51.6 Å². The van der Waals surface area contributed by atoms with Crippen LogP contribution in [0.2, 0.25) is 0 Å². The van der Waals surface area contributed by atoms with E-state index in [-0.39, 0.29) is 23.3 Å². The Morgan fingerprint density at radius 1 is 1.05 bits per heavy atom. The lowest BCUT2D eigenvalue weighted by atomic mass is 9.75. The Balaban J connectivity index is 1.37. The highest BCUT2D eigenvalue weighted by Crippen LogP contribution is 2.39. The van der Waals surface area contributed by atoms with E-state index < -0.39 is 11.6 Å². The number of nitrogens with zero attached hydrogens (tertiary/aromatic N) is 4. The minimum absolute atomic E-state index is 0.0595. The molecule has 3 aromatic heterocycles. The number of hydrogen-bond acceptors (Lipinski definition) is 4. The van der Waals surface area contributed by atoms with Crippen molar-refractivity contribution in [3.8, 4) is 22.9 Å². The van der Waals surface area contributed by atoms with Crippen molar-refractivity contribution < 1.29 is 13.5 Å². The van der Waals surface area contributed by atoms with Crippen LogP contribution < -0.4 is 4.74 Å². The summed E-state index contributed by atoms with van der Waals surface area (Å²) in [6, 6.07) is 16.1. The van der Waals surface area contributed by atoms with E-state index in [4.69, 9.17) is 4.74 Å². The number of aromatic nitrogens is 6. The van der Waals surface area contributed by atoms with Crippen LogP contribution in [0.3, 0.4) is 0 Å². The number of rotatable bonds is 1. The molecular weight excluding hydrogens is 649 g/mol. The lowest BCUT2D eigenvalue weighted by molar-refractivity contribution is 0.433. The monoisotopic (exact) mass is 676 g/mol. The van der Waals surface area contributed by atoms with Crippen molar-refractivity contribution in [1.29, 1.82) is 0 Å². The summed E-state index contributed by atoms with van der Waals surface area (Å²) < 4.78 is 39.8. The van der Waals surface area contributed by atoms with Crippen molar-refractivity contribution in [3.05, 3.63) is 111 Å². The van der Waals surface area contributed by atoms with E-state index >= 15 is 8.78 Å². The van der Waals surface area contributed by atoms with Crippen LogP contribution in [0.15, 0.2) is 73.2 Å². The van der Waals surface area contributed by atoms with Gasteiger partial charge in [0.05, 0.1) is 17.8 Å². The summed E-state index contributed by atoms with van der Waals surface area (Å²) in [5.41, 5.74) is 4.05. The average Bonchev–Trinajstić information content (AvgIpc) is 3.75. The number of imidazole rings is 1. The second-order valence-electron chi connectivity index (χ2n) is 11.0. The summed E-state index contributed by atoms with van der Waals surface area (Å²) in [5, 5.41) is 9.55. The molecule has 3 aromatic carbocycles. The maximum atomic E-state index is 15.5. The van der Waals surface area contributed by atoms with E-state index in [2.05, 4.69) is 79.0 Å². The van der Waals surface area contributed by atoms with Gasteiger partial charge in [0, 0.05) is 55.8 Å². The minimum Gasteiger partial charge on any atom is -0.454 e. The lowest BCUT2D eigenvalue weighted by Gasteiger charge is -2.29. The zero-order valence-corrected chi connectivity index (χ0v) is 25.0. The Bertz CT molecular complexity index is 1930. The quantitative estimate of drug-likeness (QED) is 0.174. The molecule has 7 nitrogen and oxygen atoms in total. The van der Waals surface area contributed by atoms with Gasteiger partial charge >= 0.3 is 0 Å².